The van der Waals surface area contributed by atoms with Crippen molar-refractivity contribution >= 4 is 11.8 Å². The predicted octanol–water partition coefficient (Wildman–Crippen LogP) is 5.12. The van der Waals surface area contributed by atoms with Gasteiger partial charge in [0, 0.05) is 23.1 Å². The molecule has 3 aromatic rings. The fraction of sp³-hybridized carbons (Fsp3) is 0.222. The van der Waals surface area contributed by atoms with Gasteiger partial charge >= 0.3 is 5.97 Å². The summed E-state index contributed by atoms with van der Waals surface area (Å²) in [5, 5.41) is 9.72. The normalized spacial score (nSPS) is 20.3. The minimum atomic E-state index is -3.37. The molecule has 5 rings (SSSR count). The summed E-state index contributed by atoms with van der Waals surface area (Å²) in [7, 11) is 0. The summed E-state index contributed by atoms with van der Waals surface area (Å²) in [5.74, 6) is -4.20. The van der Waals surface area contributed by atoms with Crippen molar-refractivity contribution in [3.63, 3.8) is 0 Å². The molecule has 1 fully saturated rings. The summed E-state index contributed by atoms with van der Waals surface area (Å²) >= 11 is 0. The van der Waals surface area contributed by atoms with Crippen molar-refractivity contribution in [1.82, 2.24) is 0 Å². The summed E-state index contributed by atoms with van der Waals surface area (Å²) in [6, 6.07) is 20.7. The number of ketones is 1. The Morgan fingerprint density at radius 3 is 2.34 bits per heavy atom. The third-order valence-electron chi connectivity index (χ3n) is 6.48. The van der Waals surface area contributed by atoms with Gasteiger partial charge in [0.05, 0.1) is 0 Å². The lowest BCUT2D eigenvalue weighted by molar-refractivity contribution is -0.198. The predicted molar refractivity (Wildman–Crippen MR) is 119 cm³/mol. The van der Waals surface area contributed by atoms with Crippen LogP contribution in [0.3, 0.4) is 0 Å². The highest BCUT2D eigenvalue weighted by molar-refractivity contribution is 6.09. The van der Waals surface area contributed by atoms with Crippen molar-refractivity contribution in [2.75, 3.05) is 6.79 Å². The van der Waals surface area contributed by atoms with E-state index in [0.29, 0.717) is 11.3 Å². The molecule has 2 atom stereocenters. The van der Waals surface area contributed by atoms with Gasteiger partial charge in [-0.2, -0.15) is 5.26 Å². The van der Waals surface area contributed by atoms with Crippen molar-refractivity contribution in [2.24, 2.45) is 0 Å². The second-order valence-corrected chi connectivity index (χ2v) is 8.41. The Morgan fingerprint density at radius 2 is 1.66 bits per heavy atom. The molecule has 0 aromatic heterocycles. The molecule has 2 unspecified atom stereocenters. The highest BCUT2D eigenvalue weighted by Gasteiger charge is 2.68. The zero-order valence-electron chi connectivity index (χ0n) is 18.4. The minimum absolute atomic E-state index is 0.0349. The molecule has 1 heterocycles. The number of carbonyl (C=O) groups excluding carboxylic acids is 2. The number of nitrogens with zero attached hydrogens (tertiary/aromatic N) is 1. The Balaban J connectivity index is 1.44. The summed E-state index contributed by atoms with van der Waals surface area (Å²) < 4.78 is 45.8. The lowest BCUT2D eigenvalue weighted by atomic mass is 9.61. The van der Waals surface area contributed by atoms with Gasteiger partial charge in [0.2, 0.25) is 12.9 Å². The van der Waals surface area contributed by atoms with Gasteiger partial charge in [-0.25, -0.2) is 8.78 Å². The molecule has 0 bridgehead atoms. The molecular formula is C27H19F2NO5. The van der Waals surface area contributed by atoms with Gasteiger partial charge in [-0.15, -0.1) is 0 Å². The number of halogens is 2. The van der Waals surface area contributed by atoms with E-state index >= 15 is 0 Å². The van der Waals surface area contributed by atoms with Crippen molar-refractivity contribution in [1.29, 1.82) is 5.26 Å². The fourth-order valence-electron chi connectivity index (χ4n) is 4.43. The van der Waals surface area contributed by atoms with Crippen molar-refractivity contribution in [3.05, 3.63) is 95.1 Å². The van der Waals surface area contributed by atoms with Crippen LogP contribution in [-0.4, -0.2) is 24.5 Å². The van der Waals surface area contributed by atoms with Crippen molar-refractivity contribution in [2.45, 2.75) is 30.3 Å². The molecule has 2 aliphatic rings. The fourth-order valence-corrected chi connectivity index (χ4v) is 4.43. The maximum atomic E-state index is 15.0. The van der Waals surface area contributed by atoms with Crippen LogP contribution in [0.1, 0.15) is 46.0 Å². The maximum Gasteiger partial charge on any atom is 0.324 e. The number of ether oxygens (including phenoxy) is 3. The number of benzene rings is 3. The standard InChI is InChI=1S/C27H19F2NO5/c28-27(29)12-11-26(27,20-9-10-21-22(14-20)34-16-33-21)25(32)35-23(15-30)18-7-4-8-19(13-18)24(31)17-5-2-1-3-6-17/h1-10,13-14,23H,11-12,16H2. The molecule has 1 aliphatic carbocycles. The van der Waals surface area contributed by atoms with Gasteiger partial charge in [-0.1, -0.05) is 54.6 Å². The van der Waals surface area contributed by atoms with Crippen LogP contribution < -0.4 is 9.47 Å². The Hall–Kier alpha value is -4.25. The molecule has 6 nitrogen and oxygen atoms in total. The number of esters is 1. The van der Waals surface area contributed by atoms with Crippen LogP contribution in [0.4, 0.5) is 8.78 Å². The maximum absolute atomic E-state index is 15.0. The van der Waals surface area contributed by atoms with Gasteiger partial charge in [-0.3, -0.25) is 9.59 Å². The first-order valence-electron chi connectivity index (χ1n) is 10.9. The molecule has 1 saturated carbocycles. The number of fused-ring (bicyclic) bond motifs is 1. The van der Waals surface area contributed by atoms with Crippen LogP contribution in [0.2, 0.25) is 0 Å². The minimum Gasteiger partial charge on any atom is -0.454 e. The zero-order valence-corrected chi connectivity index (χ0v) is 18.4. The second kappa shape index (κ2) is 8.51. The molecule has 0 radical (unpaired) electrons. The van der Waals surface area contributed by atoms with E-state index in [-0.39, 0.29) is 41.4 Å². The molecule has 3 aromatic carbocycles. The van der Waals surface area contributed by atoms with Gasteiger partial charge in [0.25, 0.3) is 5.92 Å². The second-order valence-electron chi connectivity index (χ2n) is 8.41. The van der Waals surface area contributed by atoms with Crippen LogP contribution in [0.5, 0.6) is 11.5 Å². The van der Waals surface area contributed by atoms with Crippen LogP contribution in [0.15, 0.2) is 72.8 Å². The van der Waals surface area contributed by atoms with Gasteiger partial charge < -0.3 is 14.2 Å². The average Bonchev–Trinajstić information content (AvgIpc) is 3.35. The van der Waals surface area contributed by atoms with E-state index in [2.05, 4.69) is 0 Å². The Labute approximate surface area is 199 Å². The van der Waals surface area contributed by atoms with E-state index in [0.717, 1.165) is 0 Å². The van der Waals surface area contributed by atoms with Gasteiger partial charge in [0.1, 0.15) is 6.07 Å². The van der Waals surface area contributed by atoms with Gasteiger partial charge in [0.15, 0.2) is 22.7 Å². The quantitative estimate of drug-likeness (QED) is 0.363. The van der Waals surface area contributed by atoms with Crippen LogP contribution in [0.25, 0.3) is 0 Å². The number of alkyl halides is 2. The SMILES string of the molecule is N#CC(OC(=O)C1(c2ccc3c(c2)OCO3)CCC1(F)F)c1cccc(C(=O)c2ccccc2)c1. The molecule has 1 aliphatic heterocycles. The molecule has 35 heavy (non-hydrogen) atoms. The van der Waals surface area contributed by atoms with E-state index in [4.69, 9.17) is 14.2 Å². The van der Waals surface area contributed by atoms with Crippen LogP contribution >= 0.6 is 0 Å². The van der Waals surface area contributed by atoms with Crippen LogP contribution in [0, 0.1) is 11.3 Å². The zero-order chi connectivity index (χ0) is 24.6. The summed E-state index contributed by atoms with van der Waals surface area (Å²) in [6.45, 7) is -0.0405. The third-order valence-corrected chi connectivity index (χ3v) is 6.48. The molecule has 8 heteroatoms. The van der Waals surface area contributed by atoms with Crippen molar-refractivity contribution in [3.8, 4) is 17.6 Å². The lowest BCUT2D eigenvalue weighted by Gasteiger charge is -2.47. The number of nitriles is 1. The molecule has 176 valence electrons. The first-order chi connectivity index (χ1) is 16.9. The topological polar surface area (TPSA) is 85.6 Å². The van der Waals surface area contributed by atoms with E-state index in [9.17, 15) is 23.6 Å². The lowest BCUT2D eigenvalue weighted by Crippen LogP contribution is -2.60. The number of carbonyl (C=O) groups is 2. The Morgan fingerprint density at radius 1 is 0.914 bits per heavy atom. The number of hydrogen-bond donors (Lipinski definition) is 0. The Kier molecular flexibility index (Phi) is 5.48. The van der Waals surface area contributed by atoms with E-state index in [1.807, 2.05) is 6.07 Å². The smallest absolute Gasteiger partial charge is 0.324 e. The molecule has 0 spiro atoms. The van der Waals surface area contributed by atoms with E-state index < -0.39 is 29.8 Å². The molecular weight excluding hydrogens is 456 g/mol. The summed E-state index contributed by atoms with van der Waals surface area (Å²) in [5.41, 5.74) is -1.27. The molecule has 0 N–H and O–H groups in total. The third kappa shape index (κ3) is 3.69. The largest absolute Gasteiger partial charge is 0.454 e. The molecule has 0 saturated heterocycles. The number of rotatable bonds is 6. The monoisotopic (exact) mass is 475 g/mol. The Bertz CT molecular complexity index is 1350. The average molecular weight is 475 g/mol. The first kappa shape index (κ1) is 22.5. The van der Waals surface area contributed by atoms with Crippen molar-refractivity contribution < 1.29 is 32.6 Å². The summed E-state index contributed by atoms with van der Waals surface area (Å²) in [4.78, 5) is 26.1. The highest BCUT2D eigenvalue weighted by Crippen LogP contribution is 2.57. The summed E-state index contributed by atoms with van der Waals surface area (Å²) in [6.07, 6.45) is -2.12. The van der Waals surface area contributed by atoms with Gasteiger partial charge in [-0.05, 0) is 30.2 Å². The van der Waals surface area contributed by atoms with Crippen LogP contribution in [-0.2, 0) is 14.9 Å². The first-order valence-corrected chi connectivity index (χ1v) is 10.9. The highest BCUT2D eigenvalue weighted by atomic mass is 19.3. The van der Waals surface area contributed by atoms with E-state index in [1.165, 1.54) is 30.3 Å². The number of hydrogen-bond acceptors (Lipinski definition) is 6. The van der Waals surface area contributed by atoms with E-state index in [1.54, 1.807) is 42.5 Å². The molecule has 0 amide bonds.